The minimum Gasteiger partial charge on any atom is -0.444 e. The Labute approximate surface area is 125 Å². The predicted octanol–water partition coefficient (Wildman–Crippen LogP) is 2.47. The van der Waals surface area contributed by atoms with Gasteiger partial charge in [0, 0.05) is 30.5 Å². The van der Waals surface area contributed by atoms with E-state index in [1.165, 1.54) is 5.69 Å². The van der Waals surface area contributed by atoms with Gasteiger partial charge in [0.05, 0.1) is 6.04 Å². The Kier molecular flexibility index (Phi) is 3.23. The van der Waals surface area contributed by atoms with Crippen LogP contribution in [-0.4, -0.2) is 41.8 Å². The fourth-order valence-corrected chi connectivity index (χ4v) is 3.19. The highest BCUT2D eigenvalue weighted by atomic mass is 16.6. The van der Waals surface area contributed by atoms with Gasteiger partial charge in [-0.1, -0.05) is 0 Å². The summed E-state index contributed by atoms with van der Waals surface area (Å²) in [5, 5.41) is 0. The number of fused-ring (bicyclic) bond motifs is 2. The number of nitrogens with zero attached hydrogens (tertiary/aromatic N) is 2. The summed E-state index contributed by atoms with van der Waals surface area (Å²) in [6.45, 7) is 7.32. The van der Waals surface area contributed by atoms with E-state index in [-0.39, 0.29) is 12.1 Å². The summed E-state index contributed by atoms with van der Waals surface area (Å²) < 4.78 is 5.48. The van der Waals surface area contributed by atoms with E-state index in [1.54, 1.807) is 0 Å². The second-order valence-corrected chi connectivity index (χ2v) is 6.92. The first-order valence-electron chi connectivity index (χ1n) is 7.45. The maximum atomic E-state index is 12.2. The number of rotatable bonds is 1. The van der Waals surface area contributed by atoms with Crippen molar-refractivity contribution in [2.45, 2.75) is 44.9 Å². The number of piperazine rings is 1. The molecule has 0 unspecified atom stereocenters. The van der Waals surface area contributed by atoms with Gasteiger partial charge >= 0.3 is 6.09 Å². The lowest BCUT2D eigenvalue weighted by atomic mass is 10.2. The largest absolute Gasteiger partial charge is 0.444 e. The number of likely N-dealkylation sites (tertiary alicyclic amines) is 1. The molecule has 1 aromatic rings. The number of hydrogen-bond acceptors (Lipinski definition) is 4. The zero-order chi connectivity index (χ0) is 15.2. The molecule has 5 heteroatoms. The number of hydrogen-bond donors (Lipinski definition) is 1. The Morgan fingerprint density at radius 2 is 1.86 bits per heavy atom. The second-order valence-electron chi connectivity index (χ2n) is 6.92. The van der Waals surface area contributed by atoms with Gasteiger partial charge in [0.1, 0.15) is 5.60 Å². The zero-order valence-electron chi connectivity index (χ0n) is 12.9. The normalized spacial score (nSPS) is 24.5. The molecule has 0 aromatic heterocycles. The number of amides is 1. The van der Waals surface area contributed by atoms with Crippen molar-refractivity contribution in [1.29, 1.82) is 0 Å². The van der Waals surface area contributed by atoms with Crippen molar-refractivity contribution >= 4 is 17.5 Å². The smallest absolute Gasteiger partial charge is 0.410 e. The van der Waals surface area contributed by atoms with Crippen molar-refractivity contribution in [3.63, 3.8) is 0 Å². The van der Waals surface area contributed by atoms with Crippen LogP contribution in [0, 0.1) is 0 Å². The second kappa shape index (κ2) is 4.83. The number of carbonyl (C=O) groups excluding carboxylic acids is 1. The van der Waals surface area contributed by atoms with E-state index in [4.69, 9.17) is 10.5 Å². The number of ether oxygens (including phenoxy) is 1. The van der Waals surface area contributed by atoms with Crippen molar-refractivity contribution < 1.29 is 9.53 Å². The van der Waals surface area contributed by atoms with Crippen molar-refractivity contribution in [1.82, 2.24) is 4.90 Å². The highest BCUT2D eigenvalue weighted by Crippen LogP contribution is 2.35. The van der Waals surface area contributed by atoms with Gasteiger partial charge in [-0.3, -0.25) is 0 Å². The lowest BCUT2D eigenvalue weighted by molar-refractivity contribution is 0.0215. The van der Waals surface area contributed by atoms with Crippen LogP contribution in [0.4, 0.5) is 16.2 Å². The number of nitrogen functional groups attached to an aromatic ring is 1. The van der Waals surface area contributed by atoms with Gasteiger partial charge in [0.2, 0.25) is 0 Å². The van der Waals surface area contributed by atoms with Gasteiger partial charge in [-0.25, -0.2) is 4.79 Å². The molecule has 5 nitrogen and oxygen atoms in total. The van der Waals surface area contributed by atoms with Crippen molar-refractivity contribution in [3.05, 3.63) is 24.3 Å². The van der Waals surface area contributed by atoms with E-state index in [0.29, 0.717) is 6.04 Å². The Bertz CT molecular complexity index is 535. The zero-order valence-corrected chi connectivity index (χ0v) is 12.9. The van der Waals surface area contributed by atoms with Crippen LogP contribution in [0.3, 0.4) is 0 Å². The molecule has 114 valence electrons. The van der Waals surface area contributed by atoms with Gasteiger partial charge < -0.3 is 20.3 Å². The van der Waals surface area contributed by atoms with Gasteiger partial charge in [-0.2, -0.15) is 0 Å². The van der Waals surface area contributed by atoms with E-state index in [2.05, 4.69) is 4.90 Å². The topological polar surface area (TPSA) is 58.8 Å². The monoisotopic (exact) mass is 289 g/mol. The number of carbonyl (C=O) groups is 1. The molecule has 0 saturated carbocycles. The predicted molar refractivity (Wildman–Crippen MR) is 83.3 cm³/mol. The van der Waals surface area contributed by atoms with Crippen LogP contribution >= 0.6 is 0 Å². The summed E-state index contributed by atoms with van der Waals surface area (Å²) in [5.74, 6) is 0. The highest BCUT2D eigenvalue weighted by molar-refractivity contribution is 5.70. The molecule has 2 atom stereocenters. The maximum Gasteiger partial charge on any atom is 0.410 e. The van der Waals surface area contributed by atoms with E-state index in [9.17, 15) is 4.79 Å². The Balaban J connectivity index is 1.66. The molecular weight excluding hydrogens is 266 g/mol. The number of benzene rings is 1. The summed E-state index contributed by atoms with van der Waals surface area (Å²) in [6.07, 6.45) is 0.829. The molecular formula is C16H23N3O2. The fraction of sp³-hybridized carbons (Fsp3) is 0.562. The summed E-state index contributed by atoms with van der Waals surface area (Å²) in [7, 11) is 0. The Morgan fingerprint density at radius 3 is 2.38 bits per heavy atom. The van der Waals surface area contributed by atoms with Crippen LogP contribution in [-0.2, 0) is 4.74 Å². The van der Waals surface area contributed by atoms with Crippen molar-refractivity contribution in [2.24, 2.45) is 0 Å². The highest BCUT2D eigenvalue weighted by Gasteiger charge is 2.46. The quantitative estimate of drug-likeness (QED) is 0.807. The molecule has 2 N–H and O–H groups in total. The molecule has 0 aliphatic carbocycles. The summed E-state index contributed by atoms with van der Waals surface area (Å²) in [4.78, 5) is 16.5. The van der Waals surface area contributed by atoms with Crippen molar-refractivity contribution in [3.8, 4) is 0 Å². The molecule has 2 aliphatic rings. The molecule has 2 heterocycles. The molecule has 2 fully saturated rings. The van der Waals surface area contributed by atoms with Gasteiger partial charge in [0.25, 0.3) is 0 Å². The van der Waals surface area contributed by atoms with Crippen LogP contribution < -0.4 is 10.6 Å². The molecule has 1 aromatic carbocycles. The fourth-order valence-electron chi connectivity index (χ4n) is 3.19. The molecule has 2 saturated heterocycles. The summed E-state index contributed by atoms with van der Waals surface area (Å²) in [5.41, 5.74) is 7.26. The average Bonchev–Trinajstić information content (AvgIpc) is 2.97. The molecule has 21 heavy (non-hydrogen) atoms. The lowest BCUT2D eigenvalue weighted by Crippen LogP contribution is -2.50. The lowest BCUT2D eigenvalue weighted by Gasteiger charge is -2.36. The number of nitrogens with two attached hydrogens (primary N) is 1. The standard InChI is InChI=1S/C16H23N3O2/c1-16(2,3)21-15(20)19-10-13-8-14(19)9-18(13)12-6-4-11(17)5-7-12/h4-7,13-14H,8-10,17H2,1-3H3/t13-,14-/m1/s1. The summed E-state index contributed by atoms with van der Waals surface area (Å²) in [6, 6.07) is 8.58. The molecule has 0 spiro atoms. The minimum atomic E-state index is -0.435. The van der Waals surface area contributed by atoms with E-state index in [0.717, 1.165) is 25.2 Å². The average molecular weight is 289 g/mol. The Morgan fingerprint density at radius 1 is 1.19 bits per heavy atom. The van der Waals surface area contributed by atoms with Crippen LogP contribution in [0.2, 0.25) is 0 Å². The first-order chi connectivity index (χ1) is 9.83. The Hall–Kier alpha value is -1.91. The summed E-state index contributed by atoms with van der Waals surface area (Å²) >= 11 is 0. The van der Waals surface area contributed by atoms with Gasteiger partial charge in [-0.05, 0) is 51.5 Å². The van der Waals surface area contributed by atoms with Crippen molar-refractivity contribution in [2.75, 3.05) is 23.7 Å². The maximum absolute atomic E-state index is 12.2. The molecule has 3 rings (SSSR count). The van der Waals surface area contributed by atoms with E-state index < -0.39 is 5.60 Å². The number of anilines is 2. The third-order valence-electron chi connectivity index (χ3n) is 4.09. The SMILES string of the molecule is CC(C)(C)OC(=O)N1C[C@H]2C[C@@H]1CN2c1ccc(N)cc1. The molecule has 1 amide bonds. The molecule has 0 radical (unpaired) electrons. The van der Waals surface area contributed by atoms with E-state index in [1.807, 2.05) is 49.9 Å². The third-order valence-corrected chi connectivity index (χ3v) is 4.09. The first kappa shape index (κ1) is 14.0. The van der Waals surface area contributed by atoms with Crippen LogP contribution in [0.1, 0.15) is 27.2 Å². The minimum absolute atomic E-state index is 0.188. The molecule has 2 bridgehead atoms. The first-order valence-corrected chi connectivity index (χ1v) is 7.45. The van der Waals surface area contributed by atoms with E-state index >= 15 is 0 Å². The van der Waals surface area contributed by atoms with Gasteiger partial charge in [-0.15, -0.1) is 0 Å². The molecule has 2 aliphatic heterocycles. The van der Waals surface area contributed by atoms with Gasteiger partial charge in [0.15, 0.2) is 0 Å². The third kappa shape index (κ3) is 2.77. The van der Waals surface area contributed by atoms with Crippen LogP contribution in [0.15, 0.2) is 24.3 Å². The van der Waals surface area contributed by atoms with Crippen LogP contribution in [0.25, 0.3) is 0 Å². The van der Waals surface area contributed by atoms with Crippen LogP contribution in [0.5, 0.6) is 0 Å².